The van der Waals surface area contributed by atoms with Crippen LogP contribution in [0.25, 0.3) is 5.65 Å². The Kier molecular flexibility index (Phi) is 3.30. The van der Waals surface area contributed by atoms with Crippen LogP contribution in [0.5, 0.6) is 0 Å². The second kappa shape index (κ2) is 5.13. The zero-order chi connectivity index (χ0) is 15.0. The maximum atomic E-state index is 12.5. The second-order valence-electron chi connectivity index (χ2n) is 4.82. The highest BCUT2D eigenvalue weighted by molar-refractivity contribution is 5.97. The number of amides is 1. The molecule has 0 aromatic carbocycles. The Bertz CT molecular complexity index is 711. The summed E-state index contributed by atoms with van der Waals surface area (Å²) in [5.74, 6) is -0.685. The number of ether oxygens (including phenoxy) is 1. The molecular weight excluding hydrogens is 276 g/mol. The number of pyridine rings is 1. The van der Waals surface area contributed by atoms with Gasteiger partial charge in [0.25, 0.3) is 5.91 Å². The third-order valence-corrected chi connectivity index (χ3v) is 3.50. The van der Waals surface area contributed by atoms with E-state index < -0.39 is 12.0 Å². The van der Waals surface area contributed by atoms with Crippen molar-refractivity contribution in [2.75, 3.05) is 19.8 Å². The molecule has 3 rings (SSSR count). The summed E-state index contributed by atoms with van der Waals surface area (Å²) < 4.78 is 6.89. The highest BCUT2D eigenvalue weighted by Gasteiger charge is 2.33. The van der Waals surface area contributed by atoms with Gasteiger partial charge in [0.1, 0.15) is 5.82 Å². The highest BCUT2D eigenvalue weighted by atomic mass is 16.5. The summed E-state index contributed by atoms with van der Waals surface area (Å²) in [5, 5.41) is 17.1. The normalized spacial score (nSPS) is 18.9. The van der Waals surface area contributed by atoms with Crippen molar-refractivity contribution in [1.29, 1.82) is 0 Å². The molecule has 0 aliphatic carbocycles. The highest BCUT2D eigenvalue weighted by Crippen LogP contribution is 2.14. The number of hydrogen-bond acceptors (Lipinski definition) is 5. The Morgan fingerprint density at radius 1 is 1.43 bits per heavy atom. The Morgan fingerprint density at radius 2 is 2.24 bits per heavy atom. The molecule has 0 bridgehead atoms. The van der Waals surface area contributed by atoms with Crippen LogP contribution in [0, 0.1) is 6.92 Å². The number of rotatable bonds is 2. The smallest absolute Gasteiger partial charge is 0.328 e. The molecule has 0 saturated carbocycles. The molecule has 110 valence electrons. The van der Waals surface area contributed by atoms with Gasteiger partial charge in [-0.2, -0.15) is 0 Å². The molecular formula is C13H14N4O4. The van der Waals surface area contributed by atoms with E-state index in [4.69, 9.17) is 4.74 Å². The van der Waals surface area contributed by atoms with Gasteiger partial charge in [-0.25, -0.2) is 4.79 Å². The lowest BCUT2D eigenvalue weighted by Gasteiger charge is -2.32. The molecule has 1 unspecified atom stereocenters. The lowest BCUT2D eigenvalue weighted by molar-refractivity contribution is -0.147. The number of carboxylic acids is 1. The number of aliphatic carboxylic acids is 1. The minimum atomic E-state index is -1.07. The average Bonchev–Trinajstić information content (AvgIpc) is 2.87. The Morgan fingerprint density at radius 3 is 3.00 bits per heavy atom. The van der Waals surface area contributed by atoms with Crippen LogP contribution in [0.3, 0.4) is 0 Å². The van der Waals surface area contributed by atoms with Gasteiger partial charge in [0, 0.05) is 18.3 Å². The molecule has 0 spiro atoms. The number of morpholine rings is 1. The average molecular weight is 290 g/mol. The van der Waals surface area contributed by atoms with Gasteiger partial charge in [-0.1, -0.05) is 0 Å². The zero-order valence-electron chi connectivity index (χ0n) is 11.4. The molecule has 1 aliphatic heterocycles. The minimum absolute atomic E-state index is 0.00730. The van der Waals surface area contributed by atoms with Crippen LogP contribution < -0.4 is 0 Å². The Balaban J connectivity index is 1.93. The fraction of sp³-hybridized carbons (Fsp3) is 0.385. The van der Waals surface area contributed by atoms with Gasteiger partial charge in [0.15, 0.2) is 11.7 Å². The summed E-state index contributed by atoms with van der Waals surface area (Å²) in [5.41, 5.74) is 0.946. The van der Waals surface area contributed by atoms with Crippen molar-refractivity contribution in [3.63, 3.8) is 0 Å². The maximum Gasteiger partial charge on any atom is 0.328 e. The molecule has 1 N–H and O–H groups in total. The van der Waals surface area contributed by atoms with Gasteiger partial charge in [0.05, 0.1) is 13.2 Å². The summed E-state index contributed by atoms with van der Waals surface area (Å²) in [6, 6.07) is 2.29. The van der Waals surface area contributed by atoms with Crippen molar-refractivity contribution in [3.05, 3.63) is 29.7 Å². The summed E-state index contributed by atoms with van der Waals surface area (Å²) in [6.07, 6.45) is 1.70. The lowest BCUT2D eigenvalue weighted by Crippen LogP contribution is -2.52. The molecule has 1 atom stereocenters. The van der Waals surface area contributed by atoms with Gasteiger partial charge >= 0.3 is 5.97 Å². The van der Waals surface area contributed by atoms with Crippen LogP contribution in [0.15, 0.2) is 18.3 Å². The van der Waals surface area contributed by atoms with Crippen molar-refractivity contribution in [1.82, 2.24) is 19.5 Å². The van der Waals surface area contributed by atoms with Crippen LogP contribution in [-0.4, -0.2) is 62.3 Å². The molecule has 21 heavy (non-hydrogen) atoms. The first-order valence-corrected chi connectivity index (χ1v) is 6.51. The predicted molar refractivity (Wildman–Crippen MR) is 71.0 cm³/mol. The van der Waals surface area contributed by atoms with Crippen LogP contribution in [0.1, 0.15) is 16.2 Å². The van der Waals surface area contributed by atoms with Gasteiger partial charge in [-0.15, -0.1) is 10.2 Å². The van der Waals surface area contributed by atoms with E-state index >= 15 is 0 Å². The number of nitrogens with zero attached hydrogens (tertiary/aromatic N) is 4. The number of carboxylic acid groups (broad SMARTS) is 1. The topological polar surface area (TPSA) is 97.0 Å². The van der Waals surface area contributed by atoms with E-state index in [-0.39, 0.29) is 19.1 Å². The molecule has 0 radical (unpaired) electrons. The number of hydrogen-bond donors (Lipinski definition) is 1. The summed E-state index contributed by atoms with van der Waals surface area (Å²) in [7, 11) is 0. The van der Waals surface area contributed by atoms with E-state index in [1.165, 1.54) is 4.90 Å². The first-order valence-electron chi connectivity index (χ1n) is 6.51. The van der Waals surface area contributed by atoms with E-state index in [1.807, 2.05) is 6.92 Å². The zero-order valence-corrected chi connectivity index (χ0v) is 11.4. The monoisotopic (exact) mass is 290 g/mol. The largest absolute Gasteiger partial charge is 0.480 e. The van der Waals surface area contributed by atoms with Gasteiger partial charge < -0.3 is 14.7 Å². The summed E-state index contributed by atoms with van der Waals surface area (Å²) >= 11 is 0. The molecule has 8 heteroatoms. The van der Waals surface area contributed by atoms with Crippen molar-refractivity contribution in [2.45, 2.75) is 13.0 Å². The number of carbonyl (C=O) groups excluding carboxylic acids is 1. The van der Waals surface area contributed by atoms with E-state index in [9.17, 15) is 14.7 Å². The van der Waals surface area contributed by atoms with Crippen molar-refractivity contribution >= 4 is 17.5 Å². The van der Waals surface area contributed by atoms with Crippen molar-refractivity contribution in [3.8, 4) is 0 Å². The van der Waals surface area contributed by atoms with E-state index in [1.54, 1.807) is 22.7 Å². The van der Waals surface area contributed by atoms with Gasteiger partial charge in [0.2, 0.25) is 0 Å². The van der Waals surface area contributed by atoms with Gasteiger partial charge in [-0.05, 0) is 19.1 Å². The first-order chi connectivity index (χ1) is 10.1. The predicted octanol–water partition coefficient (Wildman–Crippen LogP) is -0.0367. The third-order valence-electron chi connectivity index (χ3n) is 3.50. The number of carbonyl (C=O) groups is 2. The molecule has 3 heterocycles. The number of aryl methyl sites for hydroxylation is 1. The number of fused-ring (bicyclic) bond motifs is 1. The van der Waals surface area contributed by atoms with Crippen LogP contribution in [0.2, 0.25) is 0 Å². The quantitative estimate of drug-likeness (QED) is 0.833. The molecule has 8 nitrogen and oxygen atoms in total. The van der Waals surface area contributed by atoms with Crippen molar-refractivity contribution < 1.29 is 19.4 Å². The van der Waals surface area contributed by atoms with Crippen LogP contribution in [0.4, 0.5) is 0 Å². The second-order valence-corrected chi connectivity index (χ2v) is 4.82. The minimum Gasteiger partial charge on any atom is -0.480 e. The number of aromatic nitrogens is 3. The van der Waals surface area contributed by atoms with E-state index in [0.29, 0.717) is 17.8 Å². The Hall–Kier alpha value is -2.48. The van der Waals surface area contributed by atoms with Gasteiger partial charge in [-0.3, -0.25) is 9.20 Å². The van der Waals surface area contributed by atoms with Crippen molar-refractivity contribution in [2.24, 2.45) is 0 Å². The molecule has 1 amide bonds. The van der Waals surface area contributed by atoms with E-state index in [2.05, 4.69) is 10.2 Å². The maximum absolute atomic E-state index is 12.5. The first kappa shape index (κ1) is 13.5. The molecule has 1 saturated heterocycles. The molecule has 1 fully saturated rings. The summed E-state index contributed by atoms with van der Waals surface area (Å²) in [6.45, 7) is 2.41. The van der Waals surface area contributed by atoms with Crippen LogP contribution in [-0.2, 0) is 9.53 Å². The fourth-order valence-electron chi connectivity index (χ4n) is 2.36. The fourth-order valence-corrected chi connectivity index (χ4v) is 2.36. The third kappa shape index (κ3) is 2.33. The molecule has 2 aromatic heterocycles. The van der Waals surface area contributed by atoms with Crippen LogP contribution >= 0.6 is 0 Å². The lowest BCUT2D eigenvalue weighted by atomic mass is 10.1. The SMILES string of the molecule is Cc1nnc2cc(C(=O)N3CCOCC3C(=O)O)ccn12. The van der Waals surface area contributed by atoms with E-state index in [0.717, 1.165) is 5.82 Å². The molecule has 2 aromatic rings. The molecule has 1 aliphatic rings. The summed E-state index contributed by atoms with van der Waals surface area (Å²) in [4.78, 5) is 25.1. The standard InChI is InChI=1S/C13H14N4O4/c1-8-14-15-11-6-9(2-3-16(8)11)12(18)17-4-5-21-7-10(17)13(19)20/h2-3,6,10H,4-5,7H2,1H3,(H,19,20). The Labute approximate surface area is 119 Å².